The van der Waals surface area contributed by atoms with Gasteiger partial charge in [-0.3, -0.25) is 19.7 Å². The van der Waals surface area contributed by atoms with Gasteiger partial charge in [-0.05, 0) is 42.8 Å². The van der Waals surface area contributed by atoms with Gasteiger partial charge >= 0.3 is 5.97 Å². The van der Waals surface area contributed by atoms with Crippen LogP contribution in [0.2, 0.25) is 0 Å². The van der Waals surface area contributed by atoms with Crippen molar-refractivity contribution in [2.75, 3.05) is 17.7 Å². The molecule has 0 radical (unpaired) electrons. The highest BCUT2D eigenvalue weighted by atomic mass is 32.2. The molecule has 0 aromatic heterocycles. The van der Waals surface area contributed by atoms with Gasteiger partial charge in [-0.1, -0.05) is 0 Å². The van der Waals surface area contributed by atoms with Crippen molar-refractivity contribution < 1.29 is 23.6 Å². The Morgan fingerprint density at radius 2 is 1.93 bits per heavy atom. The van der Waals surface area contributed by atoms with Crippen molar-refractivity contribution in [2.45, 2.75) is 18.2 Å². The third-order valence-corrected chi connectivity index (χ3v) is 4.46. The van der Waals surface area contributed by atoms with Gasteiger partial charge in [0.05, 0.1) is 11.3 Å². The lowest BCUT2D eigenvalue weighted by atomic mass is 10.2. The SMILES string of the molecule is Cc1cc([N+](=O)[O-])ccc1NC(=O)COC(=O)CCSc1ccc(F)cc1. The highest BCUT2D eigenvalue weighted by molar-refractivity contribution is 7.99. The molecule has 0 aliphatic carbocycles. The van der Waals surface area contributed by atoms with E-state index in [-0.39, 0.29) is 17.9 Å². The predicted molar refractivity (Wildman–Crippen MR) is 99.2 cm³/mol. The van der Waals surface area contributed by atoms with E-state index in [1.165, 1.54) is 42.1 Å². The number of anilines is 1. The Bertz CT molecular complexity index is 842. The normalized spacial score (nSPS) is 10.3. The largest absolute Gasteiger partial charge is 0.456 e. The molecule has 9 heteroatoms. The molecular weight excluding hydrogens is 375 g/mol. The number of benzene rings is 2. The van der Waals surface area contributed by atoms with Crippen molar-refractivity contribution in [3.63, 3.8) is 0 Å². The zero-order valence-corrected chi connectivity index (χ0v) is 15.3. The number of hydrogen-bond donors (Lipinski definition) is 1. The van der Waals surface area contributed by atoms with E-state index in [1.54, 1.807) is 19.1 Å². The third kappa shape index (κ3) is 6.70. The maximum absolute atomic E-state index is 12.8. The van der Waals surface area contributed by atoms with Crippen molar-refractivity contribution in [3.8, 4) is 0 Å². The molecule has 0 aliphatic rings. The predicted octanol–water partition coefficient (Wildman–Crippen LogP) is 3.71. The van der Waals surface area contributed by atoms with Gasteiger partial charge in [0.15, 0.2) is 6.61 Å². The standard InChI is InChI=1S/C18H17FN2O5S/c1-12-10-14(21(24)25)4-7-16(12)20-17(22)11-26-18(23)8-9-27-15-5-2-13(19)3-6-15/h2-7,10H,8-9,11H2,1H3,(H,20,22). The lowest BCUT2D eigenvalue weighted by molar-refractivity contribution is -0.384. The number of nitro benzene ring substituents is 1. The minimum Gasteiger partial charge on any atom is -0.456 e. The monoisotopic (exact) mass is 392 g/mol. The van der Waals surface area contributed by atoms with Crippen molar-refractivity contribution in [1.29, 1.82) is 0 Å². The third-order valence-electron chi connectivity index (χ3n) is 3.45. The van der Waals surface area contributed by atoms with E-state index in [0.717, 1.165) is 4.90 Å². The number of non-ortho nitro benzene ring substituents is 1. The van der Waals surface area contributed by atoms with Crippen molar-refractivity contribution >= 4 is 35.0 Å². The molecule has 0 unspecified atom stereocenters. The molecular formula is C18H17FN2O5S. The first kappa shape index (κ1) is 20.4. The smallest absolute Gasteiger partial charge is 0.307 e. The molecule has 0 aliphatic heterocycles. The van der Waals surface area contributed by atoms with Crippen LogP contribution in [0.3, 0.4) is 0 Å². The number of nitrogens with zero attached hydrogens (tertiary/aromatic N) is 1. The van der Waals surface area contributed by atoms with Gasteiger partial charge < -0.3 is 10.1 Å². The summed E-state index contributed by atoms with van der Waals surface area (Å²) < 4.78 is 17.7. The summed E-state index contributed by atoms with van der Waals surface area (Å²) in [6, 6.07) is 9.95. The van der Waals surface area contributed by atoms with E-state index < -0.39 is 23.4 Å². The minimum absolute atomic E-state index is 0.0735. The number of carbonyl (C=O) groups excluding carboxylic acids is 2. The number of halogens is 1. The number of amides is 1. The van der Waals surface area contributed by atoms with Crippen molar-refractivity contribution in [2.24, 2.45) is 0 Å². The first-order valence-corrected chi connectivity index (χ1v) is 8.92. The van der Waals surface area contributed by atoms with Gasteiger partial charge in [-0.2, -0.15) is 0 Å². The van der Waals surface area contributed by atoms with Gasteiger partial charge in [-0.15, -0.1) is 11.8 Å². The molecule has 0 fully saturated rings. The molecule has 0 atom stereocenters. The van der Waals surface area contributed by atoms with Gasteiger partial charge in [-0.25, -0.2) is 4.39 Å². The first-order valence-electron chi connectivity index (χ1n) is 7.94. The summed E-state index contributed by atoms with van der Waals surface area (Å²) in [4.78, 5) is 34.5. The summed E-state index contributed by atoms with van der Waals surface area (Å²) >= 11 is 1.38. The fourth-order valence-electron chi connectivity index (χ4n) is 2.09. The van der Waals surface area contributed by atoms with Crippen LogP contribution in [0, 0.1) is 22.9 Å². The summed E-state index contributed by atoms with van der Waals surface area (Å²) in [6.07, 6.45) is 0.103. The highest BCUT2D eigenvalue weighted by Gasteiger charge is 2.12. The fraction of sp³-hybridized carbons (Fsp3) is 0.222. The number of carbonyl (C=O) groups is 2. The number of esters is 1. The second-order valence-electron chi connectivity index (χ2n) is 5.52. The van der Waals surface area contributed by atoms with E-state index in [1.807, 2.05) is 0 Å². The Morgan fingerprint density at radius 1 is 1.22 bits per heavy atom. The van der Waals surface area contributed by atoms with E-state index in [0.29, 0.717) is 17.0 Å². The van der Waals surface area contributed by atoms with Crippen LogP contribution in [0.15, 0.2) is 47.4 Å². The van der Waals surface area contributed by atoms with E-state index in [9.17, 15) is 24.1 Å². The Balaban J connectivity index is 1.72. The van der Waals surface area contributed by atoms with Crippen LogP contribution < -0.4 is 5.32 Å². The first-order chi connectivity index (χ1) is 12.8. The Hall–Kier alpha value is -2.94. The summed E-state index contributed by atoms with van der Waals surface area (Å²) in [5.41, 5.74) is 0.865. The minimum atomic E-state index is -0.536. The van der Waals surface area contributed by atoms with Crippen LogP contribution in [0.5, 0.6) is 0 Å². The molecule has 0 saturated carbocycles. The zero-order valence-electron chi connectivity index (χ0n) is 14.4. The van der Waals surface area contributed by atoms with Crippen LogP contribution >= 0.6 is 11.8 Å². The van der Waals surface area contributed by atoms with Gasteiger partial charge in [0.25, 0.3) is 11.6 Å². The number of hydrogen-bond acceptors (Lipinski definition) is 6. The van der Waals surface area contributed by atoms with Crippen LogP contribution in [-0.4, -0.2) is 29.2 Å². The lowest BCUT2D eigenvalue weighted by Gasteiger charge is -2.09. The van der Waals surface area contributed by atoms with E-state index in [4.69, 9.17) is 4.74 Å². The molecule has 0 bridgehead atoms. The Labute approximate surface area is 159 Å². The number of aryl methyl sites for hydroxylation is 1. The molecule has 0 spiro atoms. The fourth-order valence-corrected chi connectivity index (χ4v) is 2.92. The molecule has 7 nitrogen and oxygen atoms in total. The molecule has 27 heavy (non-hydrogen) atoms. The quantitative estimate of drug-likeness (QED) is 0.318. The number of thioether (sulfide) groups is 1. The number of ether oxygens (including phenoxy) is 1. The summed E-state index contributed by atoms with van der Waals surface area (Å²) in [5.74, 6) is -0.951. The number of nitrogens with one attached hydrogen (secondary N) is 1. The zero-order chi connectivity index (χ0) is 19.8. The second kappa shape index (κ2) is 9.67. The van der Waals surface area contributed by atoms with E-state index in [2.05, 4.69) is 5.32 Å². The average Bonchev–Trinajstić information content (AvgIpc) is 2.63. The van der Waals surface area contributed by atoms with Crippen molar-refractivity contribution in [3.05, 3.63) is 64.0 Å². The topological polar surface area (TPSA) is 98.5 Å². The van der Waals surface area contributed by atoms with Crippen molar-refractivity contribution in [1.82, 2.24) is 0 Å². The number of rotatable bonds is 8. The number of nitro groups is 1. The summed E-state index contributed by atoms with van der Waals surface area (Å²) in [7, 11) is 0. The Kier molecular flexibility index (Phi) is 7.30. The summed E-state index contributed by atoms with van der Waals surface area (Å²) in [6.45, 7) is 1.18. The van der Waals surface area contributed by atoms with Gasteiger partial charge in [0.1, 0.15) is 5.82 Å². The average molecular weight is 392 g/mol. The highest BCUT2D eigenvalue weighted by Crippen LogP contribution is 2.21. The second-order valence-corrected chi connectivity index (χ2v) is 6.69. The maximum atomic E-state index is 12.8. The molecule has 1 amide bonds. The molecule has 2 aromatic rings. The molecule has 2 rings (SSSR count). The van der Waals surface area contributed by atoms with E-state index >= 15 is 0 Å². The van der Waals surface area contributed by atoms with Gasteiger partial charge in [0.2, 0.25) is 0 Å². The Morgan fingerprint density at radius 3 is 2.56 bits per heavy atom. The maximum Gasteiger partial charge on any atom is 0.307 e. The van der Waals surface area contributed by atoms with Crippen LogP contribution in [0.25, 0.3) is 0 Å². The molecule has 2 aromatic carbocycles. The molecule has 0 heterocycles. The molecule has 0 saturated heterocycles. The lowest BCUT2D eigenvalue weighted by Crippen LogP contribution is -2.21. The summed E-state index contributed by atoms with van der Waals surface area (Å²) in [5, 5.41) is 13.2. The van der Waals surface area contributed by atoms with Crippen LogP contribution in [0.1, 0.15) is 12.0 Å². The molecule has 1 N–H and O–H groups in total. The molecule has 142 valence electrons. The van der Waals surface area contributed by atoms with Gasteiger partial charge in [0, 0.05) is 28.5 Å². The van der Waals surface area contributed by atoms with Crippen LogP contribution in [0.4, 0.5) is 15.8 Å². The van der Waals surface area contributed by atoms with Crippen LogP contribution in [-0.2, 0) is 14.3 Å².